The molecular formula is C58H63ClN10O8. The Balaban J connectivity index is 0.725. The smallest absolute Gasteiger partial charge is 0.246 e. The minimum Gasteiger partial charge on any atom is -0.504 e. The number of aliphatic imine (C=N–C) groups is 1. The number of likely N-dealkylation sites (tertiary alicyclic amines) is 1. The molecule has 4 amide bonds. The molecule has 0 bridgehead atoms. The van der Waals surface area contributed by atoms with Crippen LogP contribution in [0.4, 0.5) is 5.69 Å². The number of halogens is 1. The quantitative estimate of drug-likeness (QED) is 0.0509. The summed E-state index contributed by atoms with van der Waals surface area (Å²) >= 11 is 6.26. The Morgan fingerprint density at radius 1 is 0.883 bits per heavy atom. The van der Waals surface area contributed by atoms with E-state index in [9.17, 15) is 24.3 Å². The summed E-state index contributed by atoms with van der Waals surface area (Å²) in [5.74, 6) is 1.67. The summed E-state index contributed by atoms with van der Waals surface area (Å²) in [7, 11) is 0. The van der Waals surface area contributed by atoms with Crippen molar-refractivity contribution >= 4 is 46.6 Å². The predicted octanol–water partition coefficient (Wildman–Crippen LogP) is 9.05. The van der Waals surface area contributed by atoms with Crippen molar-refractivity contribution < 1.29 is 38.2 Å². The number of carbonyl (C=O) groups is 4. The lowest BCUT2D eigenvalue weighted by Gasteiger charge is -2.35. The third-order valence-electron chi connectivity index (χ3n) is 13.9. The van der Waals surface area contributed by atoms with Gasteiger partial charge in [0.05, 0.1) is 31.0 Å². The number of H-pyrrole nitrogens is 1. The molecule has 5 N–H and O–H groups in total. The van der Waals surface area contributed by atoms with Crippen LogP contribution in [0.5, 0.6) is 11.5 Å². The van der Waals surface area contributed by atoms with Crippen LogP contribution in [-0.2, 0) is 30.5 Å². The standard InChI is InChI=1S/C58H63ClN10O8/c1-33-34(2)62-55-50(33)51(39-15-20-42(59)21-16-39)64-44(54-67-66-36(4)69(54)55)29-48(71)63-43-22-17-38(18-23-43)41-19-24-47(46(70)28-41)76-27-9-26-75-31-49(72)65-53(58(5,6)7)57(74)68-25-8-10-45(68)56(73)60-30-37-11-13-40(14-12-37)52-35(3)61-32-77-52/h11-24,28,32,44-45,53,62,70H,8-10,25-27,29-31H2,1-7H3,(H,60,73)(H,63,71)(H,65,72)/t44?,45-,53?/m0/s1. The molecule has 5 heterocycles. The number of rotatable bonds is 18. The van der Waals surface area contributed by atoms with E-state index in [0.29, 0.717) is 60.5 Å². The number of hydrogen-bond donors (Lipinski definition) is 5. The van der Waals surface area contributed by atoms with E-state index >= 15 is 0 Å². The summed E-state index contributed by atoms with van der Waals surface area (Å²) < 4.78 is 18.9. The van der Waals surface area contributed by atoms with Crippen LogP contribution in [0.15, 0.2) is 107 Å². The van der Waals surface area contributed by atoms with Crippen LogP contribution in [0.25, 0.3) is 28.3 Å². The number of aryl methyl sites for hydroxylation is 3. The fourth-order valence-electron chi connectivity index (χ4n) is 9.71. The molecule has 400 valence electrons. The lowest BCUT2D eigenvalue weighted by Crippen LogP contribution is -2.58. The highest BCUT2D eigenvalue weighted by Gasteiger charge is 2.42. The number of amides is 4. The number of fused-ring (bicyclic) bond motifs is 3. The Hall–Kier alpha value is -8.09. The monoisotopic (exact) mass is 1060 g/mol. The maximum absolute atomic E-state index is 14.0. The zero-order valence-corrected chi connectivity index (χ0v) is 45.0. The van der Waals surface area contributed by atoms with Gasteiger partial charge in [-0.25, -0.2) is 4.98 Å². The topological polar surface area (TPSA) is 231 Å². The highest BCUT2D eigenvalue weighted by atomic mass is 35.5. The van der Waals surface area contributed by atoms with Gasteiger partial charge in [-0.05, 0) is 105 Å². The summed E-state index contributed by atoms with van der Waals surface area (Å²) in [6.45, 7) is 14.2. The van der Waals surface area contributed by atoms with Crippen molar-refractivity contribution in [3.8, 4) is 39.8 Å². The van der Waals surface area contributed by atoms with Crippen molar-refractivity contribution in [2.45, 2.75) is 98.8 Å². The molecule has 19 heteroatoms. The first kappa shape index (κ1) is 53.7. The molecule has 9 rings (SSSR count). The third-order valence-corrected chi connectivity index (χ3v) is 14.2. The number of anilines is 1. The number of ether oxygens (including phenoxy) is 2. The first-order valence-corrected chi connectivity index (χ1v) is 26.1. The van der Waals surface area contributed by atoms with Gasteiger partial charge in [0.15, 0.2) is 29.5 Å². The maximum atomic E-state index is 14.0. The molecule has 18 nitrogen and oxygen atoms in total. The lowest BCUT2D eigenvalue weighted by molar-refractivity contribution is -0.144. The zero-order chi connectivity index (χ0) is 54.5. The molecule has 0 radical (unpaired) electrons. The van der Waals surface area contributed by atoms with Gasteiger partial charge < -0.3 is 44.8 Å². The van der Waals surface area contributed by atoms with Crippen LogP contribution in [0.2, 0.25) is 5.02 Å². The number of aromatic amines is 1. The molecule has 1 fully saturated rings. The number of phenolic OH excluding ortho intramolecular Hbond substituents is 1. The van der Waals surface area contributed by atoms with Gasteiger partial charge in [-0.1, -0.05) is 87.0 Å². The number of nitrogens with zero attached hydrogens (tertiary/aromatic N) is 6. The maximum Gasteiger partial charge on any atom is 0.246 e. The van der Waals surface area contributed by atoms with Crippen molar-refractivity contribution in [3.05, 3.63) is 148 Å². The second kappa shape index (κ2) is 23.0. The van der Waals surface area contributed by atoms with Crippen molar-refractivity contribution in [2.75, 3.05) is 31.7 Å². The van der Waals surface area contributed by atoms with Gasteiger partial charge in [0.2, 0.25) is 23.6 Å². The fourth-order valence-corrected chi connectivity index (χ4v) is 9.84. The number of nitrogens with one attached hydrogen (secondary N) is 4. The van der Waals surface area contributed by atoms with Gasteiger partial charge in [0.25, 0.3) is 0 Å². The van der Waals surface area contributed by atoms with Crippen LogP contribution in [0.3, 0.4) is 0 Å². The van der Waals surface area contributed by atoms with Gasteiger partial charge in [-0.2, -0.15) is 0 Å². The number of oxazole rings is 1. The van der Waals surface area contributed by atoms with Crippen LogP contribution in [-0.4, -0.2) is 103 Å². The Kier molecular flexibility index (Phi) is 16.1. The van der Waals surface area contributed by atoms with Crippen LogP contribution < -0.4 is 20.7 Å². The highest BCUT2D eigenvalue weighted by molar-refractivity contribution is 6.30. The molecule has 7 aromatic rings. The first-order chi connectivity index (χ1) is 36.9. The average molecular weight is 1060 g/mol. The Morgan fingerprint density at radius 3 is 2.30 bits per heavy atom. The molecule has 0 spiro atoms. The predicted molar refractivity (Wildman–Crippen MR) is 292 cm³/mol. The number of phenols is 1. The summed E-state index contributed by atoms with van der Waals surface area (Å²) in [6.07, 6.45) is 3.02. The number of benzene rings is 4. The minimum absolute atomic E-state index is 0.00504. The average Bonchev–Trinajstić information content (AvgIpc) is 4.34. The minimum atomic E-state index is -0.890. The van der Waals surface area contributed by atoms with E-state index in [-0.39, 0.29) is 55.5 Å². The molecule has 4 aromatic carbocycles. The second-order valence-corrected chi connectivity index (χ2v) is 21.0. The molecule has 2 aliphatic heterocycles. The van der Waals surface area contributed by atoms with E-state index in [1.54, 1.807) is 29.2 Å². The van der Waals surface area contributed by atoms with E-state index < -0.39 is 29.4 Å². The molecule has 2 unspecified atom stereocenters. The summed E-state index contributed by atoms with van der Waals surface area (Å²) in [5.41, 5.74) is 8.58. The van der Waals surface area contributed by atoms with Crippen molar-refractivity contribution in [2.24, 2.45) is 10.4 Å². The van der Waals surface area contributed by atoms with Crippen molar-refractivity contribution in [3.63, 3.8) is 0 Å². The van der Waals surface area contributed by atoms with E-state index in [2.05, 4.69) is 36.1 Å². The molecule has 3 atom stereocenters. The van der Waals surface area contributed by atoms with E-state index in [4.69, 9.17) is 30.5 Å². The highest BCUT2D eigenvalue weighted by Crippen LogP contribution is 2.37. The van der Waals surface area contributed by atoms with Gasteiger partial charge in [-0.15, -0.1) is 10.2 Å². The molecule has 0 aliphatic carbocycles. The molecule has 3 aromatic heterocycles. The van der Waals surface area contributed by atoms with E-state index in [0.717, 1.165) is 61.9 Å². The molecule has 1 saturated heterocycles. The van der Waals surface area contributed by atoms with Gasteiger partial charge >= 0.3 is 0 Å². The summed E-state index contributed by atoms with van der Waals surface area (Å²) in [5, 5.41) is 29.2. The van der Waals surface area contributed by atoms with Gasteiger partial charge in [0.1, 0.15) is 36.4 Å². The molecule has 0 saturated carbocycles. The molecular weight excluding hydrogens is 1000 g/mol. The molecule has 77 heavy (non-hydrogen) atoms. The Bertz CT molecular complexity index is 3320. The van der Waals surface area contributed by atoms with E-state index in [1.165, 1.54) is 6.39 Å². The number of hydrogen-bond acceptors (Lipinski definition) is 12. The molecule has 2 aliphatic rings. The van der Waals surface area contributed by atoms with Crippen LogP contribution in [0, 0.1) is 33.1 Å². The van der Waals surface area contributed by atoms with Crippen molar-refractivity contribution in [1.82, 2.24) is 40.3 Å². The summed E-state index contributed by atoms with van der Waals surface area (Å²) in [6, 6.07) is 25.4. The Morgan fingerprint density at radius 2 is 1.60 bits per heavy atom. The SMILES string of the molecule is Cc1ncoc1-c1ccc(CNC(=O)[C@@H]2CCCN2C(=O)C(NC(=O)COCCCOc2ccc(-c3ccc(NC(=O)CC4N=C(c5ccc(Cl)cc5)c5c([nH]c(C)c5C)-n5c(C)nnc54)cc3)cc2O)C(C)(C)C)cc1. The number of carbonyl (C=O) groups excluding carboxylic acids is 4. The van der Waals surface area contributed by atoms with Gasteiger partial charge in [0, 0.05) is 52.6 Å². The van der Waals surface area contributed by atoms with Crippen molar-refractivity contribution in [1.29, 1.82) is 0 Å². The zero-order valence-electron chi connectivity index (χ0n) is 44.2. The number of aromatic hydroxyl groups is 1. The van der Waals surface area contributed by atoms with Gasteiger partial charge in [-0.3, -0.25) is 28.7 Å². The third kappa shape index (κ3) is 12.1. The second-order valence-electron chi connectivity index (χ2n) is 20.5. The van der Waals surface area contributed by atoms with Crippen LogP contribution >= 0.6 is 11.6 Å². The number of aromatic nitrogens is 5. The normalized spacial score (nSPS) is 15.5. The lowest BCUT2D eigenvalue weighted by atomic mass is 9.85. The first-order valence-electron chi connectivity index (χ1n) is 25.7. The Labute approximate surface area is 451 Å². The largest absolute Gasteiger partial charge is 0.504 e. The van der Waals surface area contributed by atoms with E-state index in [1.807, 2.05) is 120 Å². The fraction of sp³-hybridized carbons (Fsp3) is 0.345. The summed E-state index contributed by atoms with van der Waals surface area (Å²) in [4.78, 5) is 68.7. The van der Waals surface area contributed by atoms with Crippen LogP contribution in [0.1, 0.15) is 97.8 Å².